The van der Waals surface area contributed by atoms with Gasteiger partial charge in [-0.1, -0.05) is 13.0 Å². The normalized spacial score (nSPS) is 19.3. The Bertz CT molecular complexity index is 495. The SMILES string of the molecule is Cc1c(N)cnc(C#N)c1C1=CCC[C@@H]1C. The molecule has 0 aromatic carbocycles. The van der Waals surface area contributed by atoms with E-state index in [0.29, 0.717) is 17.3 Å². The average Bonchev–Trinajstić information content (AvgIpc) is 2.68. The molecule has 2 rings (SSSR count). The van der Waals surface area contributed by atoms with Crippen molar-refractivity contribution in [2.45, 2.75) is 26.7 Å². The number of allylic oxidation sites excluding steroid dienone is 2. The third-order valence-electron chi connectivity index (χ3n) is 3.27. The summed E-state index contributed by atoms with van der Waals surface area (Å²) >= 11 is 0. The first-order chi connectivity index (χ1) is 7.65. The Morgan fingerprint density at radius 2 is 2.31 bits per heavy atom. The number of aromatic nitrogens is 1. The van der Waals surface area contributed by atoms with Gasteiger partial charge in [-0.3, -0.25) is 0 Å². The van der Waals surface area contributed by atoms with Crippen molar-refractivity contribution in [3.63, 3.8) is 0 Å². The highest BCUT2D eigenvalue weighted by Gasteiger charge is 2.21. The predicted octanol–water partition coefficient (Wildman–Crippen LogP) is 2.66. The zero-order chi connectivity index (χ0) is 11.7. The standard InChI is InChI=1S/C13H15N3/c1-8-4-3-5-10(8)13-9(2)11(15)7-16-12(13)6-14/h5,7-8H,3-4,15H2,1-2H3/t8-/m0/s1. The van der Waals surface area contributed by atoms with Crippen molar-refractivity contribution in [3.05, 3.63) is 29.1 Å². The number of nitrogens with zero attached hydrogens (tertiary/aromatic N) is 2. The Hall–Kier alpha value is -1.82. The molecule has 0 spiro atoms. The minimum Gasteiger partial charge on any atom is -0.397 e. The summed E-state index contributed by atoms with van der Waals surface area (Å²) in [5, 5.41) is 9.10. The van der Waals surface area contributed by atoms with Gasteiger partial charge in [0.2, 0.25) is 0 Å². The molecule has 0 amide bonds. The van der Waals surface area contributed by atoms with Crippen molar-refractivity contribution in [3.8, 4) is 6.07 Å². The minimum atomic E-state index is 0.492. The molecule has 1 aliphatic rings. The lowest BCUT2D eigenvalue weighted by Crippen LogP contribution is -2.04. The lowest BCUT2D eigenvalue weighted by Gasteiger charge is -2.14. The summed E-state index contributed by atoms with van der Waals surface area (Å²) in [6.45, 7) is 4.14. The molecule has 0 unspecified atom stereocenters. The topological polar surface area (TPSA) is 62.7 Å². The molecule has 0 aliphatic heterocycles. The van der Waals surface area contributed by atoms with Crippen molar-refractivity contribution in [1.82, 2.24) is 4.98 Å². The fraction of sp³-hybridized carbons (Fsp3) is 0.385. The molecule has 0 bridgehead atoms. The molecule has 1 aromatic heterocycles. The zero-order valence-electron chi connectivity index (χ0n) is 9.62. The molecular weight excluding hydrogens is 198 g/mol. The number of nitriles is 1. The van der Waals surface area contributed by atoms with E-state index in [9.17, 15) is 0 Å². The maximum absolute atomic E-state index is 9.10. The van der Waals surface area contributed by atoms with E-state index in [4.69, 9.17) is 11.0 Å². The molecule has 16 heavy (non-hydrogen) atoms. The summed E-state index contributed by atoms with van der Waals surface area (Å²) in [5.74, 6) is 0.495. The van der Waals surface area contributed by atoms with Crippen LogP contribution < -0.4 is 5.73 Å². The Kier molecular flexibility index (Phi) is 2.66. The van der Waals surface area contributed by atoms with Crippen LogP contribution in [0.5, 0.6) is 0 Å². The number of rotatable bonds is 1. The number of hydrogen-bond acceptors (Lipinski definition) is 3. The maximum Gasteiger partial charge on any atom is 0.148 e. The van der Waals surface area contributed by atoms with Gasteiger partial charge in [0.25, 0.3) is 0 Å². The van der Waals surface area contributed by atoms with Gasteiger partial charge in [-0.2, -0.15) is 5.26 Å². The highest BCUT2D eigenvalue weighted by atomic mass is 14.7. The van der Waals surface area contributed by atoms with Crippen molar-refractivity contribution in [1.29, 1.82) is 5.26 Å². The Labute approximate surface area is 95.6 Å². The average molecular weight is 213 g/mol. The number of hydrogen-bond donors (Lipinski definition) is 1. The molecule has 2 N–H and O–H groups in total. The third-order valence-corrected chi connectivity index (χ3v) is 3.27. The molecule has 0 saturated heterocycles. The van der Waals surface area contributed by atoms with Crippen LogP contribution >= 0.6 is 0 Å². The van der Waals surface area contributed by atoms with Gasteiger partial charge in [-0.25, -0.2) is 4.98 Å². The van der Waals surface area contributed by atoms with Gasteiger partial charge in [-0.05, 0) is 36.8 Å². The molecule has 0 saturated carbocycles. The summed E-state index contributed by atoms with van der Waals surface area (Å²) < 4.78 is 0. The zero-order valence-corrected chi connectivity index (χ0v) is 9.62. The first-order valence-electron chi connectivity index (χ1n) is 5.50. The van der Waals surface area contributed by atoms with Gasteiger partial charge in [-0.15, -0.1) is 0 Å². The van der Waals surface area contributed by atoms with E-state index in [2.05, 4.69) is 24.1 Å². The smallest absolute Gasteiger partial charge is 0.148 e. The van der Waals surface area contributed by atoms with Crippen LogP contribution in [0.4, 0.5) is 5.69 Å². The van der Waals surface area contributed by atoms with Crippen LogP contribution in [0.25, 0.3) is 5.57 Å². The fourth-order valence-corrected chi connectivity index (χ4v) is 2.25. The molecule has 0 radical (unpaired) electrons. The predicted molar refractivity (Wildman–Crippen MR) is 64.5 cm³/mol. The summed E-state index contributed by atoms with van der Waals surface area (Å²) in [5.41, 5.74) is 10.2. The van der Waals surface area contributed by atoms with E-state index < -0.39 is 0 Å². The van der Waals surface area contributed by atoms with Crippen molar-refractivity contribution in [2.75, 3.05) is 5.73 Å². The van der Waals surface area contributed by atoms with Gasteiger partial charge in [0.1, 0.15) is 11.8 Å². The van der Waals surface area contributed by atoms with Gasteiger partial charge in [0, 0.05) is 5.56 Å². The van der Waals surface area contributed by atoms with Gasteiger partial charge < -0.3 is 5.73 Å². The van der Waals surface area contributed by atoms with E-state index in [0.717, 1.165) is 24.0 Å². The van der Waals surface area contributed by atoms with Crippen LogP contribution in [0.1, 0.15) is 36.6 Å². The number of nitrogen functional groups attached to an aromatic ring is 1. The van der Waals surface area contributed by atoms with E-state index in [1.807, 2.05) is 6.92 Å². The second kappa shape index (κ2) is 3.97. The van der Waals surface area contributed by atoms with Crippen molar-refractivity contribution < 1.29 is 0 Å². The van der Waals surface area contributed by atoms with Crippen LogP contribution in [0.2, 0.25) is 0 Å². The molecule has 1 atom stereocenters. The fourth-order valence-electron chi connectivity index (χ4n) is 2.25. The lowest BCUT2D eigenvalue weighted by molar-refractivity contribution is 0.714. The quantitative estimate of drug-likeness (QED) is 0.780. The molecular formula is C13H15N3. The second-order valence-corrected chi connectivity index (χ2v) is 4.31. The molecule has 82 valence electrons. The van der Waals surface area contributed by atoms with E-state index in [1.54, 1.807) is 6.20 Å². The van der Waals surface area contributed by atoms with Crippen LogP contribution in [-0.2, 0) is 0 Å². The largest absolute Gasteiger partial charge is 0.397 e. The van der Waals surface area contributed by atoms with E-state index in [1.165, 1.54) is 5.57 Å². The van der Waals surface area contributed by atoms with Gasteiger partial charge in [0.15, 0.2) is 0 Å². The molecule has 1 aromatic rings. The Morgan fingerprint density at radius 1 is 1.56 bits per heavy atom. The van der Waals surface area contributed by atoms with Gasteiger partial charge >= 0.3 is 0 Å². The summed E-state index contributed by atoms with van der Waals surface area (Å²) in [6, 6.07) is 2.15. The highest BCUT2D eigenvalue weighted by molar-refractivity contribution is 5.77. The van der Waals surface area contributed by atoms with Crippen LogP contribution in [0, 0.1) is 24.2 Å². The molecule has 1 aliphatic carbocycles. The maximum atomic E-state index is 9.10. The summed E-state index contributed by atoms with van der Waals surface area (Å²) in [7, 11) is 0. The first kappa shape index (κ1) is 10.7. The van der Waals surface area contributed by atoms with Crippen molar-refractivity contribution in [2.24, 2.45) is 5.92 Å². The number of nitrogens with two attached hydrogens (primary N) is 1. The molecule has 1 heterocycles. The number of pyridine rings is 1. The van der Waals surface area contributed by atoms with Crippen LogP contribution in [0.15, 0.2) is 12.3 Å². The molecule has 3 nitrogen and oxygen atoms in total. The Morgan fingerprint density at radius 3 is 2.88 bits per heavy atom. The van der Waals surface area contributed by atoms with E-state index in [-0.39, 0.29) is 0 Å². The summed E-state index contributed by atoms with van der Waals surface area (Å²) in [4.78, 5) is 4.11. The highest BCUT2D eigenvalue weighted by Crippen LogP contribution is 2.37. The molecule has 3 heteroatoms. The van der Waals surface area contributed by atoms with E-state index >= 15 is 0 Å². The monoisotopic (exact) mass is 213 g/mol. The second-order valence-electron chi connectivity index (χ2n) is 4.31. The molecule has 0 fully saturated rings. The number of anilines is 1. The Balaban J connectivity index is 2.63. The van der Waals surface area contributed by atoms with Gasteiger partial charge in [0.05, 0.1) is 11.9 Å². The third kappa shape index (κ3) is 1.57. The summed E-state index contributed by atoms with van der Waals surface area (Å²) in [6.07, 6.45) is 6.00. The van der Waals surface area contributed by atoms with Crippen LogP contribution in [0.3, 0.4) is 0 Å². The lowest BCUT2D eigenvalue weighted by atomic mass is 9.92. The minimum absolute atomic E-state index is 0.492. The first-order valence-corrected chi connectivity index (χ1v) is 5.50. The van der Waals surface area contributed by atoms with Crippen molar-refractivity contribution >= 4 is 11.3 Å². The van der Waals surface area contributed by atoms with Crippen LogP contribution in [-0.4, -0.2) is 4.98 Å².